The van der Waals surface area contributed by atoms with Crippen LogP contribution in [0.15, 0.2) is 35.1 Å². The Morgan fingerprint density at radius 1 is 1.26 bits per heavy atom. The summed E-state index contributed by atoms with van der Waals surface area (Å²) in [4.78, 5) is 35.0. The fraction of sp³-hybridized carbons (Fsp3) is 0.400. The molecular formula is C20H21N5O2. The Kier molecular flexibility index (Phi) is 4.40. The monoisotopic (exact) mass is 363 g/mol. The molecule has 7 nitrogen and oxygen atoms in total. The Labute approximate surface area is 157 Å². The van der Waals surface area contributed by atoms with E-state index in [-0.39, 0.29) is 11.4 Å². The number of hydrogen-bond donors (Lipinski definition) is 2. The lowest BCUT2D eigenvalue weighted by Crippen LogP contribution is -2.41. The van der Waals surface area contributed by atoms with Gasteiger partial charge >= 0.3 is 0 Å². The fourth-order valence-electron chi connectivity index (χ4n) is 4.05. The summed E-state index contributed by atoms with van der Waals surface area (Å²) in [5, 5.41) is 12.2. The molecule has 27 heavy (non-hydrogen) atoms. The van der Waals surface area contributed by atoms with E-state index in [0.717, 1.165) is 31.5 Å². The van der Waals surface area contributed by atoms with Gasteiger partial charge < -0.3 is 10.2 Å². The van der Waals surface area contributed by atoms with Crippen LogP contribution >= 0.6 is 0 Å². The highest BCUT2D eigenvalue weighted by atomic mass is 16.2. The first-order chi connectivity index (χ1) is 13.1. The molecule has 2 aliphatic rings. The largest absolute Gasteiger partial charge is 0.342 e. The summed E-state index contributed by atoms with van der Waals surface area (Å²) in [6, 6.07) is 11.2. The fourth-order valence-corrected chi connectivity index (χ4v) is 4.05. The molecule has 0 unspecified atom stereocenters. The van der Waals surface area contributed by atoms with E-state index >= 15 is 0 Å². The van der Waals surface area contributed by atoms with Crippen LogP contribution in [-0.4, -0.2) is 29.0 Å². The van der Waals surface area contributed by atoms with E-state index in [4.69, 9.17) is 0 Å². The number of carbonyl (C=O) groups is 1. The normalized spacial score (nSPS) is 24.7. The molecule has 0 bridgehead atoms. The van der Waals surface area contributed by atoms with Crippen LogP contribution in [0.2, 0.25) is 0 Å². The summed E-state index contributed by atoms with van der Waals surface area (Å²) < 4.78 is 0. The number of hydrogen-bond acceptors (Lipinski definition) is 5. The lowest BCUT2D eigenvalue weighted by molar-refractivity contribution is -0.119. The molecule has 0 radical (unpaired) electrons. The summed E-state index contributed by atoms with van der Waals surface area (Å²) >= 11 is 0. The minimum absolute atomic E-state index is 0.261. The highest BCUT2D eigenvalue weighted by Crippen LogP contribution is 2.38. The van der Waals surface area contributed by atoms with Crippen molar-refractivity contribution < 1.29 is 4.79 Å². The molecule has 0 aliphatic carbocycles. The highest BCUT2D eigenvalue weighted by Gasteiger charge is 2.40. The topological polar surface area (TPSA) is 102 Å². The summed E-state index contributed by atoms with van der Waals surface area (Å²) in [6.45, 7) is 3.81. The molecular weight excluding hydrogens is 342 g/mol. The minimum Gasteiger partial charge on any atom is -0.342 e. The molecule has 7 heteroatoms. The van der Waals surface area contributed by atoms with E-state index in [9.17, 15) is 14.9 Å². The molecule has 3 heterocycles. The third-order valence-electron chi connectivity index (χ3n) is 5.37. The van der Waals surface area contributed by atoms with Crippen molar-refractivity contribution >= 4 is 17.7 Å². The van der Waals surface area contributed by atoms with Gasteiger partial charge in [-0.2, -0.15) is 10.2 Å². The van der Waals surface area contributed by atoms with Gasteiger partial charge in [-0.1, -0.05) is 37.3 Å². The van der Waals surface area contributed by atoms with Crippen LogP contribution in [0.5, 0.6) is 0 Å². The number of aromatic amines is 1. The molecule has 4 rings (SSSR count). The Hall–Kier alpha value is -3.14. The maximum atomic E-state index is 13.0. The van der Waals surface area contributed by atoms with Crippen LogP contribution in [-0.2, 0) is 4.79 Å². The average molecular weight is 363 g/mol. The summed E-state index contributed by atoms with van der Waals surface area (Å²) in [7, 11) is 0. The van der Waals surface area contributed by atoms with Gasteiger partial charge in [-0.3, -0.25) is 14.6 Å². The first-order valence-corrected chi connectivity index (χ1v) is 9.23. The molecule has 0 saturated carbocycles. The number of fused-ring (bicyclic) bond motifs is 1. The molecule has 1 amide bonds. The molecule has 2 N–H and O–H groups in total. The maximum Gasteiger partial charge on any atom is 0.258 e. The maximum absolute atomic E-state index is 13.0. The molecule has 1 fully saturated rings. The molecule has 1 aromatic heterocycles. The van der Waals surface area contributed by atoms with Gasteiger partial charge in [-0.15, -0.1) is 0 Å². The van der Waals surface area contributed by atoms with Crippen molar-refractivity contribution in [3.05, 3.63) is 51.8 Å². The second-order valence-electron chi connectivity index (χ2n) is 7.33. The van der Waals surface area contributed by atoms with E-state index in [1.165, 1.54) is 0 Å². The molecule has 2 aliphatic heterocycles. The second-order valence-corrected chi connectivity index (χ2v) is 7.33. The van der Waals surface area contributed by atoms with Crippen molar-refractivity contribution in [1.82, 2.24) is 9.97 Å². The van der Waals surface area contributed by atoms with E-state index < -0.39 is 17.7 Å². The van der Waals surface area contributed by atoms with Gasteiger partial charge in [0.15, 0.2) is 0 Å². The number of aromatic nitrogens is 2. The molecule has 2 aromatic rings. The summed E-state index contributed by atoms with van der Waals surface area (Å²) in [6.07, 6.45) is 2.19. The molecule has 138 valence electrons. The second kappa shape index (κ2) is 6.88. The lowest BCUT2D eigenvalue weighted by atomic mass is 9.79. The Morgan fingerprint density at radius 3 is 2.74 bits per heavy atom. The first-order valence-electron chi connectivity index (χ1n) is 9.23. The first kappa shape index (κ1) is 17.3. The van der Waals surface area contributed by atoms with Gasteiger partial charge in [0.1, 0.15) is 11.7 Å². The number of rotatable bonds is 2. The zero-order chi connectivity index (χ0) is 19.0. The number of nitrogens with zero attached hydrogens (tertiary/aromatic N) is 3. The van der Waals surface area contributed by atoms with Crippen LogP contribution in [0, 0.1) is 23.2 Å². The predicted octanol–water partition coefficient (Wildman–Crippen LogP) is 2.23. The van der Waals surface area contributed by atoms with Crippen LogP contribution in [0.1, 0.15) is 36.8 Å². The molecule has 3 atom stereocenters. The van der Waals surface area contributed by atoms with Gasteiger partial charge in [0, 0.05) is 19.0 Å². The van der Waals surface area contributed by atoms with Crippen molar-refractivity contribution in [3.63, 3.8) is 0 Å². The van der Waals surface area contributed by atoms with Crippen molar-refractivity contribution in [2.24, 2.45) is 11.8 Å². The van der Waals surface area contributed by atoms with Crippen LogP contribution < -0.4 is 15.8 Å². The van der Waals surface area contributed by atoms with Crippen molar-refractivity contribution in [2.45, 2.75) is 25.7 Å². The van der Waals surface area contributed by atoms with E-state index in [0.29, 0.717) is 17.4 Å². The van der Waals surface area contributed by atoms with E-state index in [1.54, 1.807) is 0 Å². The van der Waals surface area contributed by atoms with Gasteiger partial charge in [0.2, 0.25) is 11.9 Å². The quantitative estimate of drug-likeness (QED) is 0.852. The van der Waals surface area contributed by atoms with Gasteiger partial charge in [0.25, 0.3) is 5.56 Å². The van der Waals surface area contributed by atoms with Crippen molar-refractivity contribution in [2.75, 3.05) is 23.3 Å². The number of H-pyrrole nitrogens is 1. The smallest absolute Gasteiger partial charge is 0.258 e. The van der Waals surface area contributed by atoms with Gasteiger partial charge in [-0.25, -0.2) is 0 Å². The Morgan fingerprint density at radius 2 is 2.04 bits per heavy atom. The van der Waals surface area contributed by atoms with Crippen molar-refractivity contribution in [3.8, 4) is 6.07 Å². The van der Waals surface area contributed by atoms with Crippen molar-refractivity contribution in [1.29, 1.82) is 5.26 Å². The SMILES string of the molecule is C[C@@H]1CCCN(c2nc3c(c(=O)[nH]2)[C@@H](c2ccccc2)[C@@H](C#N)C(=O)N3)C1. The highest BCUT2D eigenvalue weighted by molar-refractivity contribution is 5.97. The molecule has 1 aromatic carbocycles. The van der Waals surface area contributed by atoms with Crippen LogP contribution in [0.25, 0.3) is 0 Å². The zero-order valence-corrected chi connectivity index (χ0v) is 15.1. The number of nitrogens with one attached hydrogen (secondary N) is 2. The third-order valence-corrected chi connectivity index (χ3v) is 5.37. The van der Waals surface area contributed by atoms with E-state index in [1.807, 2.05) is 30.3 Å². The molecule has 1 saturated heterocycles. The standard InChI is InChI=1S/C20H21N5O2/c1-12-6-5-9-25(11-12)20-23-17-16(19(27)24-20)15(13-7-3-2-4-8-13)14(10-21)18(26)22-17/h2-4,7-8,12,14-15H,5-6,9,11H2,1H3,(H2,22,23,24,26,27)/t12-,14-,15+/m1/s1. The number of amides is 1. The lowest BCUT2D eigenvalue weighted by Gasteiger charge is -2.33. The van der Waals surface area contributed by atoms with Crippen LogP contribution in [0.4, 0.5) is 11.8 Å². The summed E-state index contributed by atoms with van der Waals surface area (Å²) in [5.41, 5.74) is 0.801. The minimum atomic E-state index is -0.969. The number of piperidine rings is 1. The van der Waals surface area contributed by atoms with E-state index in [2.05, 4.69) is 33.2 Å². The number of anilines is 2. The zero-order valence-electron chi connectivity index (χ0n) is 15.1. The Balaban J connectivity index is 1.82. The van der Waals surface area contributed by atoms with Crippen LogP contribution in [0.3, 0.4) is 0 Å². The van der Waals surface area contributed by atoms with Gasteiger partial charge in [-0.05, 0) is 24.3 Å². The predicted molar refractivity (Wildman–Crippen MR) is 101 cm³/mol. The third kappa shape index (κ3) is 3.08. The summed E-state index contributed by atoms with van der Waals surface area (Å²) in [5.74, 6) is -0.760. The number of benzene rings is 1. The number of carbonyl (C=O) groups excluding carboxylic acids is 1. The molecule has 0 spiro atoms. The average Bonchev–Trinajstić information content (AvgIpc) is 2.67. The van der Waals surface area contributed by atoms with Gasteiger partial charge in [0.05, 0.1) is 11.6 Å². The Bertz CT molecular complexity index is 963. The number of nitriles is 1.